The highest BCUT2D eigenvalue weighted by Crippen LogP contribution is 2.28. The molecule has 0 aliphatic rings. The molecule has 1 N–H and O–H groups in total. The molecule has 9 heteroatoms. The van der Waals surface area contributed by atoms with Crippen LogP contribution in [0.1, 0.15) is 18.1 Å². The number of aryl methyl sites for hydroxylation is 1. The number of hydrogen-bond donors (Lipinski definition) is 1. The van der Waals surface area contributed by atoms with Gasteiger partial charge >= 0.3 is 11.9 Å². The number of nitrogens with one attached hydrogen (secondary N) is 1. The zero-order valence-electron chi connectivity index (χ0n) is 17.1. The van der Waals surface area contributed by atoms with Crippen LogP contribution >= 0.6 is 0 Å². The molecule has 6 nitrogen and oxygen atoms in total. The Hall–Kier alpha value is -3.75. The summed E-state index contributed by atoms with van der Waals surface area (Å²) in [6, 6.07) is 16.6. The SMILES string of the molecule is CCc1c(OCC(F)(F)F)cnc2c1[nH]c(=O)n2-c1ccc(OCc2ccccc2)cc1. The standard InChI is InChI=1S/C23H20F3N3O3/c1-2-18-19(32-14-23(24,25)26)12-27-21-20(18)28-22(30)29(21)16-8-10-17(11-9-16)31-13-15-6-4-3-5-7-15/h3-12H,2,13-14H2,1H3,(H,28,30). The van der Waals surface area contributed by atoms with Crippen molar-refractivity contribution in [2.75, 3.05) is 6.61 Å². The van der Waals surface area contributed by atoms with Crippen LogP contribution in [0.2, 0.25) is 0 Å². The Balaban J connectivity index is 1.61. The maximum Gasteiger partial charge on any atom is 0.422 e. The van der Waals surface area contributed by atoms with Gasteiger partial charge in [0.1, 0.15) is 18.1 Å². The molecule has 32 heavy (non-hydrogen) atoms. The zero-order valence-corrected chi connectivity index (χ0v) is 17.1. The average Bonchev–Trinajstić information content (AvgIpc) is 3.12. The van der Waals surface area contributed by atoms with E-state index in [-0.39, 0.29) is 5.75 Å². The van der Waals surface area contributed by atoms with Gasteiger partial charge in [0.2, 0.25) is 0 Å². The van der Waals surface area contributed by atoms with Crippen LogP contribution in [0.3, 0.4) is 0 Å². The number of imidazole rings is 1. The van der Waals surface area contributed by atoms with Crippen molar-refractivity contribution in [1.29, 1.82) is 0 Å². The predicted octanol–water partition coefficient (Wildman–Crippen LogP) is 4.80. The second kappa shape index (κ2) is 8.78. The van der Waals surface area contributed by atoms with Crippen molar-refractivity contribution in [2.45, 2.75) is 26.1 Å². The Morgan fingerprint density at radius 1 is 1.03 bits per heavy atom. The Morgan fingerprint density at radius 2 is 1.75 bits per heavy atom. The molecule has 0 bridgehead atoms. The van der Waals surface area contributed by atoms with E-state index in [9.17, 15) is 18.0 Å². The van der Waals surface area contributed by atoms with Gasteiger partial charge in [-0.2, -0.15) is 13.2 Å². The number of ether oxygens (including phenoxy) is 2. The first-order valence-electron chi connectivity index (χ1n) is 9.95. The lowest BCUT2D eigenvalue weighted by atomic mass is 10.1. The molecule has 0 radical (unpaired) electrons. The molecule has 4 rings (SSSR count). The van der Waals surface area contributed by atoms with Gasteiger partial charge in [-0.15, -0.1) is 0 Å². The molecule has 0 amide bonds. The summed E-state index contributed by atoms with van der Waals surface area (Å²) in [5.41, 5.74) is 2.24. The van der Waals surface area contributed by atoms with Gasteiger partial charge in [-0.3, -0.25) is 0 Å². The van der Waals surface area contributed by atoms with Gasteiger partial charge in [-0.25, -0.2) is 14.3 Å². The number of hydrogen-bond acceptors (Lipinski definition) is 4. The summed E-state index contributed by atoms with van der Waals surface area (Å²) in [7, 11) is 0. The van der Waals surface area contributed by atoms with E-state index in [1.54, 1.807) is 31.2 Å². The number of halogens is 3. The molecule has 2 aromatic heterocycles. The number of aromatic nitrogens is 3. The number of fused-ring (bicyclic) bond motifs is 1. The molecule has 166 valence electrons. The number of alkyl halides is 3. The lowest BCUT2D eigenvalue weighted by Gasteiger charge is -2.13. The second-order valence-corrected chi connectivity index (χ2v) is 7.09. The summed E-state index contributed by atoms with van der Waals surface area (Å²) < 4.78 is 49.7. The Bertz CT molecular complexity index is 1260. The van der Waals surface area contributed by atoms with Crippen LogP contribution in [0.4, 0.5) is 13.2 Å². The van der Waals surface area contributed by atoms with Crippen molar-refractivity contribution in [3.8, 4) is 17.2 Å². The van der Waals surface area contributed by atoms with Crippen molar-refractivity contribution in [1.82, 2.24) is 14.5 Å². The molecule has 0 aliphatic carbocycles. The molecule has 0 unspecified atom stereocenters. The molecule has 0 atom stereocenters. The van der Waals surface area contributed by atoms with Gasteiger partial charge in [0.25, 0.3) is 0 Å². The van der Waals surface area contributed by atoms with Crippen LogP contribution in [0.5, 0.6) is 11.5 Å². The average molecular weight is 443 g/mol. The summed E-state index contributed by atoms with van der Waals surface area (Å²) in [6.07, 6.45) is -2.89. The quantitative estimate of drug-likeness (QED) is 0.446. The van der Waals surface area contributed by atoms with Gasteiger partial charge in [0.15, 0.2) is 12.3 Å². The van der Waals surface area contributed by atoms with E-state index in [0.29, 0.717) is 41.2 Å². The third-order valence-corrected chi connectivity index (χ3v) is 4.86. The number of benzene rings is 2. The fourth-order valence-electron chi connectivity index (χ4n) is 3.39. The lowest BCUT2D eigenvalue weighted by Crippen LogP contribution is -2.19. The molecule has 4 aromatic rings. The van der Waals surface area contributed by atoms with Crippen LogP contribution < -0.4 is 15.2 Å². The minimum atomic E-state index is -4.47. The minimum Gasteiger partial charge on any atom is -0.489 e. The zero-order chi connectivity index (χ0) is 22.7. The summed E-state index contributed by atoms with van der Waals surface area (Å²) in [5, 5.41) is 0. The van der Waals surface area contributed by atoms with Crippen LogP contribution in [0.25, 0.3) is 16.9 Å². The van der Waals surface area contributed by atoms with Crippen LogP contribution in [-0.2, 0) is 13.0 Å². The monoisotopic (exact) mass is 443 g/mol. The fraction of sp³-hybridized carbons (Fsp3) is 0.217. The van der Waals surface area contributed by atoms with Crippen molar-refractivity contribution in [2.24, 2.45) is 0 Å². The minimum absolute atomic E-state index is 0.00427. The van der Waals surface area contributed by atoms with E-state index in [1.165, 1.54) is 10.8 Å². The summed E-state index contributed by atoms with van der Waals surface area (Å²) in [5.74, 6) is 0.630. The summed E-state index contributed by atoms with van der Waals surface area (Å²) in [4.78, 5) is 19.5. The van der Waals surface area contributed by atoms with Crippen LogP contribution in [0.15, 0.2) is 65.6 Å². The third kappa shape index (κ3) is 4.61. The van der Waals surface area contributed by atoms with Crippen molar-refractivity contribution in [3.63, 3.8) is 0 Å². The maximum atomic E-state index is 12.6. The Labute approximate surface area is 181 Å². The molecular formula is C23H20F3N3O3. The first-order valence-corrected chi connectivity index (χ1v) is 9.95. The van der Waals surface area contributed by atoms with Gasteiger partial charge in [0, 0.05) is 5.56 Å². The summed E-state index contributed by atoms with van der Waals surface area (Å²) in [6.45, 7) is 0.752. The number of rotatable bonds is 7. The van der Waals surface area contributed by atoms with Gasteiger partial charge in [0.05, 0.1) is 17.4 Å². The highest BCUT2D eigenvalue weighted by Gasteiger charge is 2.29. The van der Waals surface area contributed by atoms with E-state index in [4.69, 9.17) is 9.47 Å². The van der Waals surface area contributed by atoms with Crippen molar-refractivity contribution >= 4 is 11.2 Å². The molecule has 0 saturated carbocycles. The molecule has 0 fully saturated rings. The van der Waals surface area contributed by atoms with Crippen LogP contribution in [0, 0.1) is 0 Å². The van der Waals surface area contributed by atoms with E-state index in [0.717, 1.165) is 5.56 Å². The predicted molar refractivity (Wildman–Crippen MR) is 113 cm³/mol. The summed E-state index contributed by atoms with van der Waals surface area (Å²) >= 11 is 0. The lowest BCUT2D eigenvalue weighted by molar-refractivity contribution is -0.153. The van der Waals surface area contributed by atoms with Crippen molar-refractivity contribution in [3.05, 3.63) is 82.4 Å². The van der Waals surface area contributed by atoms with E-state index in [2.05, 4.69) is 9.97 Å². The smallest absolute Gasteiger partial charge is 0.422 e. The molecule has 2 heterocycles. The van der Waals surface area contributed by atoms with E-state index < -0.39 is 18.5 Å². The number of nitrogens with zero attached hydrogens (tertiary/aromatic N) is 2. The number of aromatic amines is 1. The second-order valence-electron chi connectivity index (χ2n) is 7.09. The van der Waals surface area contributed by atoms with E-state index in [1.807, 2.05) is 30.3 Å². The molecular weight excluding hydrogens is 423 g/mol. The fourth-order valence-corrected chi connectivity index (χ4v) is 3.39. The normalized spacial score (nSPS) is 11.6. The van der Waals surface area contributed by atoms with E-state index >= 15 is 0 Å². The molecule has 2 aromatic carbocycles. The number of H-pyrrole nitrogens is 1. The van der Waals surface area contributed by atoms with Crippen molar-refractivity contribution < 1.29 is 22.6 Å². The third-order valence-electron chi connectivity index (χ3n) is 4.86. The van der Waals surface area contributed by atoms with Gasteiger partial charge in [-0.05, 0) is 36.2 Å². The van der Waals surface area contributed by atoms with Crippen LogP contribution in [-0.4, -0.2) is 27.3 Å². The Kier molecular flexibility index (Phi) is 5.89. The highest BCUT2D eigenvalue weighted by atomic mass is 19.4. The maximum absolute atomic E-state index is 12.6. The topological polar surface area (TPSA) is 69.1 Å². The first-order chi connectivity index (χ1) is 15.4. The molecule has 0 saturated heterocycles. The Morgan fingerprint density at radius 3 is 2.41 bits per heavy atom. The number of pyridine rings is 1. The van der Waals surface area contributed by atoms with Gasteiger partial charge < -0.3 is 14.5 Å². The molecule has 0 spiro atoms. The van der Waals surface area contributed by atoms with Gasteiger partial charge in [-0.1, -0.05) is 37.3 Å². The highest BCUT2D eigenvalue weighted by molar-refractivity contribution is 5.79. The first kappa shape index (κ1) is 21.5. The largest absolute Gasteiger partial charge is 0.489 e. The molecule has 0 aliphatic heterocycles.